The molecule has 4 rings (SSSR count). The van der Waals surface area contributed by atoms with E-state index >= 15 is 0 Å². The molecule has 0 unspecified atom stereocenters. The zero-order chi connectivity index (χ0) is 41.2. The number of rotatable bonds is 24. The molecule has 1 aromatic heterocycles. The Bertz CT molecular complexity index is 2150. The van der Waals surface area contributed by atoms with Gasteiger partial charge in [-0.05, 0) is 74.7 Å². The van der Waals surface area contributed by atoms with E-state index in [1.807, 2.05) is 50.2 Å². The average molecular weight is 802 g/mol. The molecule has 0 aliphatic heterocycles. The fourth-order valence-electron chi connectivity index (χ4n) is 6.68. The number of methoxy groups -OCH3 is 1. The van der Waals surface area contributed by atoms with Gasteiger partial charge in [-0.15, -0.1) is 0 Å². The number of sulfonamides is 1. The van der Waals surface area contributed by atoms with Crippen molar-refractivity contribution >= 4 is 55.5 Å². The van der Waals surface area contributed by atoms with Crippen molar-refractivity contribution in [3.8, 4) is 5.75 Å². The van der Waals surface area contributed by atoms with Gasteiger partial charge >= 0.3 is 0 Å². The fraction of sp³-hybridized carbons (Fsp3) is 0.465. The monoisotopic (exact) mass is 801 g/mol. The third kappa shape index (κ3) is 14.1. The van der Waals surface area contributed by atoms with E-state index in [-0.39, 0.29) is 29.5 Å². The Kier molecular flexibility index (Phi) is 17.7. The van der Waals surface area contributed by atoms with Crippen LogP contribution < -0.4 is 30.6 Å². The highest BCUT2D eigenvalue weighted by Crippen LogP contribution is 2.27. The number of carbonyl (C=O) groups excluding carboxylic acids is 2. The quantitative estimate of drug-likeness (QED) is 0.0510. The van der Waals surface area contributed by atoms with E-state index in [0.29, 0.717) is 47.7 Å². The number of para-hydroxylation sites is 3. The standard InChI is InChI=1S/C43H59N7O6S/c1-6-49(30-28-45-57(5,54)55)34-25-26-36(32(2)31-34)46-40(42(52)48-38-23-17-18-24-39(38)56-4)41-47-37-22-16-15-21-35(37)43(53)50(41)29-20-14-12-10-8-7-9-11-13-19-27-44-33(3)51/h15-18,21-26,31,45H,6-14,19-20,27-30H2,1-5H3,(H,44,51)(H,48,52)/b46-40+. The topological polar surface area (TPSA) is 164 Å². The van der Waals surface area contributed by atoms with Crippen LogP contribution in [0.2, 0.25) is 0 Å². The number of nitrogens with one attached hydrogen (secondary N) is 3. The van der Waals surface area contributed by atoms with Gasteiger partial charge in [0.1, 0.15) is 5.75 Å². The highest BCUT2D eigenvalue weighted by Gasteiger charge is 2.24. The van der Waals surface area contributed by atoms with Gasteiger partial charge in [0.2, 0.25) is 15.9 Å². The SMILES string of the molecule is CCN(CCNS(C)(=O)=O)c1ccc(/N=C(/C(=O)Nc2ccccc2OC)c2nc3ccccc3c(=O)n2CCCCCCCCCCCCNC(C)=O)c(C)c1. The first-order valence-corrected chi connectivity index (χ1v) is 21.9. The maximum absolute atomic E-state index is 14.4. The molecule has 0 aliphatic rings. The zero-order valence-electron chi connectivity index (χ0n) is 34.1. The summed E-state index contributed by atoms with van der Waals surface area (Å²) in [5, 5.41) is 6.27. The molecule has 0 aliphatic carbocycles. The Labute approximate surface area is 337 Å². The zero-order valence-corrected chi connectivity index (χ0v) is 34.9. The number of aryl methyl sites for hydroxylation is 1. The lowest BCUT2D eigenvalue weighted by Crippen LogP contribution is -2.34. The number of unbranched alkanes of at least 4 members (excludes halogenated alkanes) is 9. The molecule has 4 aromatic rings. The van der Waals surface area contributed by atoms with E-state index in [2.05, 4.69) is 20.3 Å². The highest BCUT2D eigenvalue weighted by atomic mass is 32.2. The number of hydrogen-bond acceptors (Lipinski definition) is 9. The molecule has 308 valence electrons. The summed E-state index contributed by atoms with van der Waals surface area (Å²) in [4.78, 5) is 51.5. The molecule has 2 amide bonds. The summed E-state index contributed by atoms with van der Waals surface area (Å²) in [5.74, 6) is 0.126. The number of benzene rings is 3. The van der Waals surface area contributed by atoms with Gasteiger partial charge in [-0.1, -0.05) is 75.6 Å². The van der Waals surface area contributed by atoms with Crippen LogP contribution >= 0.6 is 0 Å². The van der Waals surface area contributed by atoms with Gasteiger partial charge in [-0.3, -0.25) is 19.0 Å². The van der Waals surface area contributed by atoms with Crippen LogP contribution in [0.25, 0.3) is 10.9 Å². The molecule has 0 saturated carbocycles. The van der Waals surface area contributed by atoms with E-state index in [1.165, 1.54) is 26.4 Å². The molecule has 0 bridgehead atoms. The molecule has 13 nitrogen and oxygen atoms in total. The molecule has 0 spiro atoms. The van der Waals surface area contributed by atoms with Crippen molar-refractivity contribution in [3.05, 3.63) is 88.5 Å². The highest BCUT2D eigenvalue weighted by molar-refractivity contribution is 7.88. The third-order valence-corrected chi connectivity index (χ3v) is 10.5. The van der Waals surface area contributed by atoms with Crippen molar-refractivity contribution in [2.75, 3.05) is 49.8 Å². The van der Waals surface area contributed by atoms with Gasteiger partial charge in [0.05, 0.1) is 35.6 Å². The molecule has 3 N–H and O–H groups in total. The molecule has 0 radical (unpaired) electrons. The minimum Gasteiger partial charge on any atom is -0.495 e. The smallest absolute Gasteiger partial charge is 0.278 e. The molecule has 1 heterocycles. The number of ether oxygens (including phenoxy) is 1. The lowest BCUT2D eigenvalue weighted by atomic mass is 10.1. The first kappa shape index (κ1) is 44.6. The lowest BCUT2D eigenvalue weighted by molar-refractivity contribution is -0.119. The summed E-state index contributed by atoms with van der Waals surface area (Å²) in [5.41, 5.74) is 2.85. The number of amides is 2. The van der Waals surface area contributed by atoms with Gasteiger partial charge in [-0.2, -0.15) is 0 Å². The van der Waals surface area contributed by atoms with Crippen LogP contribution in [0.15, 0.2) is 76.5 Å². The number of hydrogen-bond donors (Lipinski definition) is 3. The molecular weight excluding hydrogens is 743 g/mol. The summed E-state index contributed by atoms with van der Waals surface area (Å²) in [6, 6.07) is 19.9. The average Bonchev–Trinajstić information content (AvgIpc) is 3.18. The first-order chi connectivity index (χ1) is 27.4. The minimum absolute atomic E-state index is 0.0126. The van der Waals surface area contributed by atoms with Gasteiger partial charge in [0, 0.05) is 45.3 Å². The number of likely N-dealkylation sites (N-methyl/N-ethyl adjacent to an activating group) is 1. The number of anilines is 2. The Morgan fingerprint density at radius 1 is 0.877 bits per heavy atom. The Hall–Kier alpha value is -5.08. The summed E-state index contributed by atoms with van der Waals surface area (Å²) >= 11 is 0. The maximum atomic E-state index is 14.4. The largest absolute Gasteiger partial charge is 0.495 e. The molecule has 0 atom stereocenters. The number of aliphatic imine (C=N–C) groups is 1. The van der Waals surface area contributed by atoms with Crippen molar-refractivity contribution in [2.45, 2.75) is 91.5 Å². The third-order valence-electron chi connectivity index (χ3n) is 9.73. The molecule has 3 aromatic carbocycles. The number of carbonyl (C=O) groups is 2. The van der Waals surface area contributed by atoms with Crippen molar-refractivity contribution in [1.82, 2.24) is 19.6 Å². The van der Waals surface area contributed by atoms with Crippen LogP contribution in [-0.2, 0) is 26.2 Å². The van der Waals surface area contributed by atoms with Gasteiger partial charge < -0.3 is 20.3 Å². The van der Waals surface area contributed by atoms with Crippen LogP contribution in [-0.4, -0.2) is 75.0 Å². The molecule has 0 saturated heterocycles. The molecule has 0 fully saturated rings. The van der Waals surface area contributed by atoms with Crippen molar-refractivity contribution < 1.29 is 22.7 Å². The van der Waals surface area contributed by atoms with Crippen molar-refractivity contribution in [3.63, 3.8) is 0 Å². The summed E-state index contributed by atoms with van der Waals surface area (Å²) in [6.45, 7) is 7.92. The Morgan fingerprint density at radius 3 is 2.18 bits per heavy atom. The van der Waals surface area contributed by atoms with Crippen LogP contribution in [0.4, 0.5) is 17.1 Å². The van der Waals surface area contributed by atoms with Crippen LogP contribution in [0.3, 0.4) is 0 Å². The van der Waals surface area contributed by atoms with Gasteiger partial charge in [0.25, 0.3) is 11.5 Å². The second-order valence-electron chi connectivity index (χ2n) is 14.3. The summed E-state index contributed by atoms with van der Waals surface area (Å²) in [6.07, 6.45) is 11.7. The molecule has 57 heavy (non-hydrogen) atoms. The van der Waals surface area contributed by atoms with E-state index in [9.17, 15) is 22.8 Å². The van der Waals surface area contributed by atoms with Gasteiger partial charge in [0.15, 0.2) is 11.5 Å². The predicted octanol–water partition coefficient (Wildman–Crippen LogP) is 6.89. The second kappa shape index (κ2) is 22.6. The first-order valence-electron chi connectivity index (χ1n) is 20.0. The Morgan fingerprint density at radius 2 is 1.53 bits per heavy atom. The van der Waals surface area contributed by atoms with E-state index in [1.54, 1.807) is 41.8 Å². The predicted molar refractivity (Wildman–Crippen MR) is 231 cm³/mol. The van der Waals surface area contributed by atoms with E-state index in [0.717, 1.165) is 69.0 Å². The second-order valence-corrected chi connectivity index (χ2v) is 16.1. The summed E-state index contributed by atoms with van der Waals surface area (Å²) in [7, 11) is -1.79. The van der Waals surface area contributed by atoms with Gasteiger partial charge in [-0.25, -0.2) is 23.1 Å². The number of fused-ring (bicyclic) bond motifs is 1. The number of nitrogens with zero attached hydrogens (tertiary/aromatic N) is 4. The van der Waals surface area contributed by atoms with E-state index in [4.69, 9.17) is 14.7 Å². The molecular formula is C43H59N7O6S. The number of aromatic nitrogens is 2. The minimum atomic E-state index is -3.32. The lowest BCUT2D eigenvalue weighted by Gasteiger charge is -2.24. The van der Waals surface area contributed by atoms with Crippen LogP contribution in [0.1, 0.15) is 89.4 Å². The Balaban J connectivity index is 1.60. The fourth-order valence-corrected chi connectivity index (χ4v) is 7.14. The van der Waals surface area contributed by atoms with Crippen LogP contribution in [0, 0.1) is 6.92 Å². The van der Waals surface area contributed by atoms with E-state index < -0.39 is 15.9 Å². The van der Waals surface area contributed by atoms with Crippen molar-refractivity contribution in [2.24, 2.45) is 4.99 Å². The maximum Gasteiger partial charge on any atom is 0.278 e. The summed E-state index contributed by atoms with van der Waals surface area (Å²) < 4.78 is 32.9. The normalized spacial score (nSPS) is 11.8. The van der Waals surface area contributed by atoms with Crippen LogP contribution in [0.5, 0.6) is 5.75 Å². The van der Waals surface area contributed by atoms with Crippen molar-refractivity contribution in [1.29, 1.82) is 0 Å². The molecule has 14 heteroatoms.